The third kappa shape index (κ3) is 3.67. The van der Waals surface area contributed by atoms with Crippen LogP contribution < -0.4 is 9.62 Å². The number of carbonyl (C=O) groups is 1. The molecule has 10 heteroatoms. The quantitative estimate of drug-likeness (QED) is 0.831. The monoisotopic (exact) mass is 402 g/mol. The molecule has 1 amide bonds. The van der Waals surface area contributed by atoms with E-state index in [1.807, 2.05) is 0 Å². The fraction of sp³-hybridized carbons (Fsp3) is 0.333. The number of aryl methyl sites for hydroxylation is 1. The lowest BCUT2D eigenvalue weighted by Crippen LogP contribution is -2.25. The molecule has 0 atom stereocenters. The van der Waals surface area contributed by atoms with Gasteiger partial charge in [-0.15, -0.1) is 0 Å². The first kappa shape index (κ1) is 18.2. The molecule has 1 N–H and O–H groups in total. The SMILES string of the molecule is Cn1nc(CNS(=O)(=O)c2ccc(N3CCCC3=O)cc2)c(Cl)c1Cl. The van der Waals surface area contributed by atoms with Crippen LogP contribution in [0, 0.1) is 0 Å². The zero-order valence-electron chi connectivity index (χ0n) is 13.4. The molecule has 1 aromatic carbocycles. The van der Waals surface area contributed by atoms with E-state index in [1.165, 1.54) is 16.8 Å². The summed E-state index contributed by atoms with van der Waals surface area (Å²) in [5.41, 5.74) is 1.04. The first-order chi connectivity index (χ1) is 11.8. The standard InChI is InChI=1S/C15H16Cl2N4O3S/c1-20-15(17)14(16)12(19-20)9-18-25(23,24)11-6-4-10(5-7-11)21-8-2-3-13(21)22/h4-7,18H,2-3,8-9H2,1H3. The van der Waals surface area contributed by atoms with E-state index in [4.69, 9.17) is 23.2 Å². The predicted octanol–water partition coefficient (Wildman–Crippen LogP) is 2.33. The van der Waals surface area contributed by atoms with Crippen molar-refractivity contribution in [2.24, 2.45) is 7.05 Å². The highest BCUT2D eigenvalue weighted by atomic mass is 35.5. The maximum Gasteiger partial charge on any atom is 0.240 e. The zero-order chi connectivity index (χ0) is 18.2. The molecule has 134 valence electrons. The molecule has 2 heterocycles. The zero-order valence-corrected chi connectivity index (χ0v) is 15.7. The molecule has 1 saturated heterocycles. The van der Waals surface area contributed by atoms with Crippen LogP contribution in [0.25, 0.3) is 0 Å². The molecule has 0 unspecified atom stereocenters. The molecule has 7 nitrogen and oxygen atoms in total. The summed E-state index contributed by atoms with van der Waals surface area (Å²) in [7, 11) is -2.12. The van der Waals surface area contributed by atoms with Crippen LogP contribution in [0.4, 0.5) is 5.69 Å². The number of aromatic nitrogens is 2. The summed E-state index contributed by atoms with van der Waals surface area (Å²) in [6.45, 7) is 0.580. The summed E-state index contributed by atoms with van der Waals surface area (Å²) in [6.07, 6.45) is 1.34. The molecule has 0 spiro atoms. The summed E-state index contributed by atoms with van der Waals surface area (Å²) >= 11 is 11.9. The van der Waals surface area contributed by atoms with E-state index in [1.54, 1.807) is 24.1 Å². The van der Waals surface area contributed by atoms with Crippen LogP contribution in [0.15, 0.2) is 29.2 Å². The Kier molecular flexibility index (Phi) is 5.06. The molecule has 0 saturated carbocycles. The largest absolute Gasteiger partial charge is 0.312 e. The third-order valence-electron chi connectivity index (χ3n) is 3.95. The van der Waals surface area contributed by atoms with E-state index in [-0.39, 0.29) is 27.5 Å². The Morgan fingerprint density at radius 2 is 1.92 bits per heavy atom. The summed E-state index contributed by atoms with van der Waals surface area (Å²) in [6, 6.07) is 6.19. The summed E-state index contributed by atoms with van der Waals surface area (Å²) < 4.78 is 28.6. The summed E-state index contributed by atoms with van der Waals surface area (Å²) in [5.74, 6) is 0.0513. The van der Waals surface area contributed by atoms with Crippen molar-refractivity contribution in [1.29, 1.82) is 0 Å². The van der Waals surface area contributed by atoms with Crippen LogP contribution in [0.3, 0.4) is 0 Å². The maximum absolute atomic E-state index is 12.4. The molecular weight excluding hydrogens is 387 g/mol. The number of sulfonamides is 1. The van der Waals surface area contributed by atoms with Crippen molar-refractivity contribution in [2.75, 3.05) is 11.4 Å². The second-order valence-electron chi connectivity index (χ2n) is 5.64. The van der Waals surface area contributed by atoms with E-state index < -0.39 is 10.0 Å². The van der Waals surface area contributed by atoms with Gasteiger partial charge in [0.15, 0.2) is 0 Å². The Hall–Kier alpha value is -1.61. The average Bonchev–Trinajstić information content (AvgIpc) is 3.12. The van der Waals surface area contributed by atoms with Gasteiger partial charge < -0.3 is 4.90 Å². The lowest BCUT2D eigenvalue weighted by Gasteiger charge is -2.16. The molecule has 0 radical (unpaired) electrons. The van der Waals surface area contributed by atoms with E-state index >= 15 is 0 Å². The highest BCUT2D eigenvalue weighted by molar-refractivity contribution is 7.89. The minimum Gasteiger partial charge on any atom is -0.312 e. The molecule has 0 aliphatic carbocycles. The van der Waals surface area contributed by atoms with E-state index in [9.17, 15) is 13.2 Å². The fourth-order valence-corrected chi connectivity index (χ4v) is 3.98. The van der Waals surface area contributed by atoms with Gasteiger partial charge in [0.25, 0.3) is 0 Å². The van der Waals surface area contributed by atoms with Crippen molar-refractivity contribution in [3.8, 4) is 0 Å². The van der Waals surface area contributed by atoms with Crippen LogP contribution in [0.1, 0.15) is 18.5 Å². The van der Waals surface area contributed by atoms with E-state index in [2.05, 4.69) is 9.82 Å². The number of carbonyl (C=O) groups excluding carboxylic acids is 1. The number of amides is 1. The number of hydrogen-bond acceptors (Lipinski definition) is 4. The molecule has 1 aromatic heterocycles. The Bertz CT molecular complexity index is 910. The first-order valence-corrected chi connectivity index (χ1v) is 9.80. The van der Waals surface area contributed by atoms with E-state index in [0.717, 1.165) is 6.42 Å². The van der Waals surface area contributed by atoms with Crippen LogP contribution in [-0.4, -0.2) is 30.7 Å². The second-order valence-corrected chi connectivity index (χ2v) is 8.15. The van der Waals surface area contributed by atoms with Crippen LogP contribution >= 0.6 is 23.2 Å². The number of halogens is 2. The Balaban J connectivity index is 1.73. The molecule has 3 rings (SSSR count). The topological polar surface area (TPSA) is 84.3 Å². The van der Waals surface area contributed by atoms with Crippen molar-refractivity contribution in [1.82, 2.24) is 14.5 Å². The third-order valence-corrected chi connectivity index (χ3v) is 6.30. The lowest BCUT2D eigenvalue weighted by atomic mass is 10.3. The van der Waals surface area contributed by atoms with E-state index in [0.29, 0.717) is 24.3 Å². The highest BCUT2D eigenvalue weighted by Gasteiger charge is 2.23. The molecule has 1 fully saturated rings. The highest BCUT2D eigenvalue weighted by Crippen LogP contribution is 2.26. The van der Waals surface area contributed by atoms with Crippen molar-refractivity contribution >= 4 is 44.8 Å². The van der Waals surface area contributed by atoms with Gasteiger partial charge in [-0.25, -0.2) is 13.1 Å². The van der Waals surface area contributed by atoms with Crippen LogP contribution in [-0.2, 0) is 28.4 Å². The van der Waals surface area contributed by atoms with Gasteiger partial charge >= 0.3 is 0 Å². The van der Waals surface area contributed by atoms with Gasteiger partial charge in [-0.1, -0.05) is 23.2 Å². The van der Waals surface area contributed by atoms with Gasteiger partial charge in [0.2, 0.25) is 15.9 Å². The normalized spacial score (nSPS) is 15.2. The molecule has 2 aromatic rings. The van der Waals surface area contributed by atoms with Crippen LogP contribution in [0.5, 0.6) is 0 Å². The lowest BCUT2D eigenvalue weighted by molar-refractivity contribution is -0.117. The maximum atomic E-state index is 12.4. The first-order valence-electron chi connectivity index (χ1n) is 7.56. The average molecular weight is 403 g/mol. The Morgan fingerprint density at radius 3 is 2.44 bits per heavy atom. The predicted molar refractivity (Wildman–Crippen MR) is 95.3 cm³/mol. The Labute approximate surface area is 155 Å². The van der Waals surface area contributed by atoms with Gasteiger partial charge in [-0.05, 0) is 30.7 Å². The van der Waals surface area contributed by atoms with Crippen molar-refractivity contribution in [3.63, 3.8) is 0 Å². The van der Waals surface area contributed by atoms with Crippen molar-refractivity contribution in [2.45, 2.75) is 24.3 Å². The molecular formula is C15H16Cl2N4O3S. The number of benzene rings is 1. The number of nitrogens with zero attached hydrogens (tertiary/aromatic N) is 3. The number of rotatable bonds is 5. The fourth-order valence-electron chi connectivity index (χ4n) is 2.62. The minimum absolute atomic E-state index is 0.0513. The van der Waals surface area contributed by atoms with Crippen molar-refractivity contribution in [3.05, 3.63) is 40.1 Å². The van der Waals surface area contributed by atoms with Gasteiger partial charge in [-0.2, -0.15) is 5.10 Å². The second kappa shape index (κ2) is 6.95. The Morgan fingerprint density at radius 1 is 1.24 bits per heavy atom. The summed E-state index contributed by atoms with van der Waals surface area (Å²) in [4.78, 5) is 13.5. The summed E-state index contributed by atoms with van der Waals surface area (Å²) in [5, 5.41) is 4.53. The van der Waals surface area contributed by atoms with Gasteiger partial charge in [-0.3, -0.25) is 9.48 Å². The van der Waals surface area contributed by atoms with Crippen LogP contribution in [0.2, 0.25) is 10.2 Å². The number of nitrogens with one attached hydrogen (secondary N) is 1. The molecule has 0 bridgehead atoms. The van der Waals surface area contributed by atoms with Crippen molar-refractivity contribution < 1.29 is 13.2 Å². The number of hydrogen-bond donors (Lipinski definition) is 1. The van der Waals surface area contributed by atoms with Gasteiger partial charge in [0.1, 0.15) is 10.2 Å². The van der Waals surface area contributed by atoms with Gasteiger partial charge in [0.05, 0.1) is 17.1 Å². The minimum atomic E-state index is -3.74. The smallest absolute Gasteiger partial charge is 0.240 e. The molecule has 1 aliphatic heterocycles. The number of anilines is 1. The molecule has 1 aliphatic rings. The molecule has 25 heavy (non-hydrogen) atoms. The van der Waals surface area contributed by atoms with Gasteiger partial charge in [0, 0.05) is 25.7 Å².